The lowest BCUT2D eigenvalue weighted by Gasteiger charge is -2.02. The lowest BCUT2D eigenvalue weighted by molar-refractivity contribution is 1.04. The van der Waals surface area contributed by atoms with Gasteiger partial charge >= 0.3 is 0 Å². The van der Waals surface area contributed by atoms with Gasteiger partial charge in [0.25, 0.3) is 0 Å². The normalized spacial score (nSPS) is 10.2. The van der Waals surface area contributed by atoms with Gasteiger partial charge in [0.05, 0.1) is 16.9 Å². The van der Waals surface area contributed by atoms with Crippen LogP contribution in [0.1, 0.15) is 0 Å². The van der Waals surface area contributed by atoms with E-state index < -0.39 is 0 Å². The van der Waals surface area contributed by atoms with Crippen molar-refractivity contribution in [2.75, 3.05) is 5.73 Å². The second-order valence-corrected chi connectivity index (χ2v) is 4.12. The van der Waals surface area contributed by atoms with Crippen molar-refractivity contribution >= 4 is 29.1 Å². The summed E-state index contributed by atoms with van der Waals surface area (Å²) in [5, 5.41) is 2.01. The van der Waals surface area contributed by atoms with Gasteiger partial charge in [0.2, 0.25) is 0 Å². The van der Waals surface area contributed by atoms with Crippen molar-refractivity contribution in [3.63, 3.8) is 0 Å². The maximum absolute atomic E-state index is 5.97. The smallest absolute Gasteiger partial charge is 0.121 e. The van der Waals surface area contributed by atoms with Crippen molar-refractivity contribution < 1.29 is 0 Å². The van der Waals surface area contributed by atoms with Crippen LogP contribution in [0.4, 0.5) is 5.69 Å². The molecule has 6 heteroatoms. The Bertz CT molecular complexity index is 463. The van der Waals surface area contributed by atoms with Gasteiger partial charge in [0, 0.05) is 6.20 Å². The van der Waals surface area contributed by atoms with Gasteiger partial charge in [-0.3, -0.25) is 0 Å². The van der Waals surface area contributed by atoms with Crippen molar-refractivity contribution in [1.82, 2.24) is 15.0 Å². The van der Waals surface area contributed by atoms with Crippen molar-refractivity contribution in [3.05, 3.63) is 35.9 Å². The van der Waals surface area contributed by atoms with Crippen LogP contribution in [0.25, 0.3) is 0 Å². The number of hydrogen-bond donors (Lipinski definition) is 1. The number of nitrogens with zero attached hydrogens (tertiary/aromatic N) is 3. The second kappa shape index (κ2) is 4.46. The first kappa shape index (κ1) is 10.2. The molecule has 0 unspecified atom stereocenters. The third kappa shape index (κ3) is 2.57. The fraction of sp³-hybridized carbons (Fsp3) is 0. The van der Waals surface area contributed by atoms with Gasteiger partial charge in [0.15, 0.2) is 0 Å². The standard InChI is InChI=1S/C9H7ClN4S/c10-7-3-6(11)4-13-9(7)15-8-1-2-12-5-14-8/h1-5H,11H2. The van der Waals surface area contributed by atoms with Crippen molar-refractivity contribution in [2.45, 2.75) is 10.1 Å². The van der Waals surface area contributed by atoms with E-state index in [9.17, 15) is 0 Å². The Morgan fingerprint density at radius 1 is 1.33 bits per heavy atom. The van der Waals surface area contributed by atoms with E-state index in [-0.39, 0.29) is 0 Å². The Morgan fingerprint density at radius 2 is 2.20 bits per heavy atom. The number of hydrogen-bond acceptors (Lipinski definition) is 5. The molecular weight excluding hydrogens is 232 g/mol. The number of pyridine rings is 1. The predicted octanol–water partition coefficient (Wildman–Crippen LogP) is 2.26. The van der Waals surface area contributed by atoms with Crippen LogP contribution >= 0.6 is 23.4 Å². The summed E-state index contributed by atoms with van der Waals surface area (Å²) >= 11 is 7.35. The summed E-state index contributed by atoms with van der Waals surface area (Å²) in [6.45, 7) is 0. The lowest BCUT2D eigenvalue weighted by Crippen LogP contribution is -1.89. The fourth-order valence-corrected chi connectivity index (χ4v) is 1.93. The monoisotopic (exact) mass is 238 g/mol. The van der Waals surface area contributed by atoms with Crippen LogP contribution in [0.3, 0.4) is 0 Å². The van der Waals surface area contributed by atoms with Gasteiger partial charge in [-0.1, -0.05) is 11.6 Å². The molecule has 0 aliphatic carbocycles. The molecule has 0 saturated heterocycles. The Labute approximate surface area is 95.9 Å². The molecular formula is C9H7ClN4S. The van der Waals surface area contributed by atoms with Crippen molar-refractivity contribution in [2.24, 2.45) is 0 Å². The largest absolute Gasteiger partial charge is 0.397 e. The van der Waals surface area contributed by atoms with Crippen LogP contribution < -0.4 is 5.73 Å². The first-order valence-corrected chi connectivity index (χ1v) is 5.30. The minimum atomic E-state index is 0.526. The maximum Gasteiger partial charge on any atom is 0.121 e. The summed E-state index contributed by atoms with van der Waals surface area (Å²) in [6.07, 6.45) is 4.71. The average Bonchev–Trinajstić information content (AvgIpc) is 2.24. The third-order valence-corrected chi connectivity index (χ3v) is 2.95. The number of nitrogens with two attached hydrogens (primary N) is 1. The van der Waals surface area contributed by atoms with Crippen LogP contribution in [-0.2, 0) is 0 Å². The average molecular weight is 239 g/mol. The molecule has 2 heterocycles. The SMILES string of the molecule is Nc1cnc(Sc2ccncn2)c(Cl)c1. The molecule has 0 bridgehead atoms. The highest BCUT2D eigenvalue weighted by molar-refractivity contribution is 7.99. The molecule has 0 atom stereocenters. The number of anilines is 1. The molecule has 2 aromatic heterocycles. The number of nitrogen functional groups attached to an aromatic ring is 1. The van der Waals surface area contributed by atoms with Gasteiger partial charge in [-0.25, -0.2) is 15.0 Å². The molecule has 0 saturated carbocycles. The Hall–Kier alpha value is -1.33. The zero-order valence-corrected chi connectivity index (χ0v) is 9.16. The van der Waals surface area contributed by atoms with Gasteiger partial charge in [-0.2, -0.15) is 0 Å². The number of aromatic nitrogens is 3. The summed E-state index contributed by atoms with van der Waals surface area (Å²) in [5.41, 5.74) is 6.09. The Kier molecular flexibility index (Phi) is 3.03. The Morgan fingerprint density at radius 3 is 2.87 bits per heavy atom. The molecule has 0 spiro atoms. The van der Waals surface area contributed by atoms with Crippen LogP contribution in [0, 0.1) is 0 Å². The zero-order chi connectivity index (χ0) is 10.7. The summed E-state index contributed by atoms with van der Waals surface area (Å²) in [5.74, 6) is 0. The third-order valence-electron chi connectivity index (χ3n) is 1.58. The summed E-state index contributed by atoms with van der Waals surface area (Å²) in [6, 6.07) is 3.46. The van der Waals surface area contributed by atoms with Crippen LogP contribution in [0.2, 0.25) is 5.02 Å². The van der Waals surface area contributed by atoms with E-state index in [4.69, 9.17) is 17.3 Å². The van der Waals surface area contributed by atoms with E-state index in [1.165, 1.54) is 18.1 Å². The van der Waals surface area contributed by atoms with E-state index in [1.54, 1.807) is 24.5 Å². The predicted molar refractivity (Wildman–Crippen MR) is 59.8 cm³/mol. The van der Waals surface area contributed by atoms with Gasteiger partial charge < -0.3 is 5.73 Å². The van der Waals surface area contributed by atoms with Gasteiger partial charge in [0.1, 0.15) is 16.4 Å². The Balaban J connectivity index is 2.25. The molecule has 0 aliphatic heterocycles. The van der Waals surface area contributed by atoms with Crippen LogP contribution in [-0.4, -0.2) is 15.0 Å². The van der Waals surface area contributed by atoms with Gasteiger partial charge in [-0.05, 0) is 23.9 Å². The van der Waals surface area contributed by atoms with E-state index in [1.807, 2.05) is 0 Å². The molecule has 4 nitrogen and oxygen atoms in total. The topological polar surface area (TPSA) is 64.7 Å². The zero-order valence-electron chi connectivity index (χ0n) is 7.59. The number of halogens is 1. The van der Waals surface area contributed by atoms with Crippen molar-refractivity contribution in [3.8, 4) is 0 Å². The fourth-order valence-electron chi connectivity index (χ4n) is 0.953. The molecule has 15 heavy (non-hydrogen) atoms. The van der Waals surface area contributed by atoms with E-state index in [0.717, 1.165) is 5.03 Å². The summed E-state index contributed by atoms with van der Waals surface area (Å²) in [4.78, 5) is 12.0. The first-order valence-electron chi connectivity index (χ1n) is 4.10. The highest BCUT2D eigenvalue weighted by Gasteiger charge is 2.05. The molecule has 0 amide bonds. The maximum atomic E-state index is 5.97. The highest BCUT2D eigenvalue weighted by atomic mass is 35.5. The molecule has 2 rings (SSSR count). The van der Waals surface area contributed by atoms with E-state index in [0.29, 0.717) is 15.7 Å². The second-order valence-electron chi connectivity index (χ2n) is 2.71. The first-order chi connectivity index (χ1) is 7.25. The van der Waals surface area contributed by atoms with Gasteiger partial charge in [-0.15, -0.1) is 0 Å². The quantitative estimate of drug-likeness (QED) is 0.813. The van der Waals surface area contributed by atoms with Crippen LogP contribution in [0.5, 0.6) is 0 Å². The molecule has 2 aromatic rings. The molecule has 0 aromatic carbocycles. The van der Waals surface area contributed by atoms with E-state index >= 15 is 0 Å². The minimum Gasteiger partial charge on any atom is -0.397 e. The lowest BCUT2D eigenvalue weighted by atomic mass is 10.4. The molecule has 0 radical (unpaired) electrons. The van der Waals surface area contributed by atoms with Crippen molar-refractivity contribution in [1.29, 1.82) is 0 Å². The van der Waals surface area contributed by atoms with Crippen LogP contribution in [0.15, 0.2) is 40.9 Å². The molecule has 0 aliphatic rings. The highest BCUT2D eigenvalue weighted by Crippen LogP contribution is 2.30. The minimum absolute atomic E-state index is 0.526. The molecule has 0 fully saturated rings. The number of rotatable bonds is 2. The van der Waals surface area contributed by atoms with E-state index in [2.05, 4.69) is 15.0 Å². The molecule has 2 N–H and O–H groups in total. The molecule has 76 valence electrons. The summed E-state index contributed by atoms with van der Waals surface area (Å²) in [7, 11) is 0. The summed E-state index contributed by atoms with van der Waals surface area (Å²) < 4.78 is 0.